The van der Waals surface area contributed by atoms with Crippen molar-refractivity contribution in [3.8, 4) is 0 Å². The molecule has 0 unspecified atom stereocenters. The number of nitrogens with two attached hydrogens (primary N) is 1. The minimum absolute atomic E-state index is 0.456. The normalized spacial score (nSPS) is 16.6. The van der Waals surface area contributed by atoms with Crippen molar-refractivity contribution in [3.63, 3.8) is 0 Å². The Morgan fingerprint density at radius 3 is 3.00 bits per heavy atom. The first-order chi connectivity index (χ1) is 9.83. The molecule has 0 amide bonds. The van der Waals surface area contributed by atoms with Gasteiger partial charge in [0.2, 0.25) is 0 Å². The summed E-state index contributed by atoms with van der Waals surface area (Å²) in [6, 6.07) is 3.93. The summed E-state index contributed by atoms with van der Waals surface area (Å²) in [5, 5.41) is 11.3. The molecule has 3 rings (SSSR count). The minimum atomic E-state index is 0.456. The van der Waals surface area contributed by atoms with Crippen LogP contribution in [0.15, 0.2) is 18.3 Å². The molecule has 0 aliphatic heterocycles. The van der Waals surface area contributed by atoms with Crippen LogP contribution >= 0.6 is 0 Å². The molecule has 108 valence electrons. The van der Waals surface area contributed by atoms with E-state index in [9.17, 15) is 0 Å². The molecule has 1 aromatic carbocycles. The number of H-pyrrole nitrogens is 1. The van der Waals surface area contributed by atoms with Crippen molar-refractivity contribution in [3.05, 3.63) is 18.3 Å². The molecule has 20 heavy (non-hydrogen) atoms. The summed E-state index contributed by atoms with van der Waals surface area (Å²) in [5.74, 6) is 0. The van der Waals surface area contributed by atoms with Gasteiger partial charge in [-0.15, -0.1) is 0 Å². The second kappa shape index (κ2) is 6.13. The number of hydrogen-bond donors (Lipinski definition) is 3. The van der Waals surface area contributed by atoms with Gasteiger partial charge in [0.25, 0.3) is 0 Å². The molecule has 0 radical (unpaired) electrons. The van der Waals surface area contributed by atoms with E-state index in [1.54, 1.807) is 6.20 Å². The third-order valence-electron chi connectivity index (χ3n) is 3.93. The van der Waals surface area contributed by atoms with Crippen molar-refractivity contribution in [2.24, 2.45) is 0 Å². The van der Waals surface area contributed by atoms with Crippen LogP contribution in [0.25, 0.3) is 10.9 Å². The van der Waals surface area contributed by atoms with Crippen LogP contribution in [0.4, 0.5) is 11.4 Å². The molecule has 1 fully saturated rings. The van der Waals surface area contributed by atoms with Gasteiger partial charge in [0, 0.05) is 11.9 Å². The molecule has 0 bridgehead atoms. The van der Waals surface area contributed by atoms with Crippen LogP contribution in [-0.2, 0) is 4.74 Å². The smallest absolute Gasteiger partial charge is 0.0672 e. The maximum absolute atomic E-state index is 6.03. The minimum Gasteiger partial charge on any atom is -0.397 e. The zero-order chi connectivity index (χ0) is 13.8. The Balaban J connectivity index is 1.50. The predicted octanol–water partition coefficient (Wildman–Crippen LogP) is 2.91. The highest BCUT2D eigenvalue weighted by Crippen LogP contribution is 2.24. The van der Waals surface area contributed by atoms with Crippen LogP contribution in [-0.4, -0.2) is 29.5 Å². The summed E-state index contributed by atoms with van der Waals surface area (Å²) in [7, 11) is 0. The summed E-state index contributed by atoms with van der Waals surface area (Å²) < 4.78 is 5.89. The van der Waals surface area contributed by atoms with Crippen LogP contribution in [0, 0.1) is 0 Å². The second-order valence-corrected chi connectivity index (χ2v) is 5.45. The van der Waals surface area contributed by atoms with Gasteiger partial charge >= 0.3 is 0 Å². The lowest BCUT2D eigenvalue weighted by Crippen LogP contribution is -2.20. The first-order valence-corrected chi connectivity index (χ1v) is 7.41. The van der Waals surface area contributed by atoms with Crippen molar-refractivity contribution in [1.29, 1.82) is 0 Å². The summed E-state index contributed by atoms with van der Waals surface area (Å²) >= 11 is 0. The summed E-state index contributed by atoms with van der Waals surface area (Å²) in [5.41, 5.74) is 8.71. The fraction of sp³-hybridized carbons (Fsp3) is 0.533. The summed E-state index contributed by atoms with van der Waals surface area (Å²) in [4.78, 5) is 0. The number of ether oxygens (including phenoxy) is 1. The topological polar surface area (TPSA) is 76.0 Å². The Labute approximate surface area is 118 Å². The third-order valence-corrected chi connectivity index (χ3v) is 3.93. The van der Waals surface area contributed by atoms with Crippen molar-refractivity contribution < 1.29 is 4.74 Å². The van der Waals surface area contributed by atoms with Gasteiger partial charge in [-0.2, -0.15) is 5.10 Å². The average Bonchev–Trinajstić information content (AvgIpc) is 2.91. The fourth-order valence-electron chi connectivity index (χ4n) is 2.81. The van der Waals surface area contributed by atoms with Crippen LogP contribution in [0.1, 0.15) is 32.1 Å². The lowest BCUT2D eigenvalue weighted by molar-refractivity contribution is 0.0347. The zero-order valence-corrected chi connectivity index (χ0v) is 11.7. The highest BCUT2D eigenvalue weighted by Gasteiger charge is 2.13. The van der Waals surface area contributed by atoms with E-state index in [1.165, 1.54) is 32.1 Å². The molecule has 0 atom stereocenters. The van der Waals surface area contributed by atoms with E-state index in [4.69, 9.17) is 10.5 Å². The molecule has 1 heterocycles. The standard InChI is InChI=1S/C15H22N4O/c16-13-8-11-10-18-19-14(11)9-15(13)17-6-7-20-12-4-2-1-3-5-12/h8-10,12,17H,1-7,16H2,(H,18,19). The maximum atomic E-state index is 6.03. The van der Waals surface area contributed by atoms with Gasteiger partial charge in [-0.25, -0.2) is 0 Å². The number of nitrogen functional groups attached to an aromatic ring is 1. The van der Waals surface area contributed by atoms with Gasteiger partial charge in [0.1, 0.15) is 0 Å². The van der Waals surface area contributed by atoms with Crippen LogP contribution in [0.2, 0.25) is 0 Å². The first kappa shape index (κ1) is 13.2. The molecule has 0 saturated heterocycles. The van der Waals surface area contributed by atoms with Crippen molar-refractivity contribution in [2.75, 3.05) is 24.2 Å². The van der Waals surface area contributed by atoms with Crippen LogP contribution in [0.3, 0.4) is 0 Å². The lowest BCUT2D eigenvalue weighted by atomic mass is 9.98. The molecular formula is C15H22N4O. The van der Waals surface area contributed by atoms with Crippen molar-refractivity contribution in [2.45, 2.75) is 38.2 Å². The maximum Gasteiger partial charge on any atom is 0.0672 e. The molecule has 2 aromatic rings. The highest BCUT2D eigenvalue weighted by molar-refractivity contribution is 5.88. The van der Waals surface area contributed by atoms with Gasteiger partial charge in [0.15, 0.2) is 0 Å². The molecule has 1 saturated carbocycles. The number of fused-ring (bicyclic) bond motifs is 1. The SMILES string of the molecule is Nc1cc2cn[nH]c2cc1NCCOC1CCCCC1. The lowest BCUT2D eigenvalue weighted by Gasteiger charge is -2.22. The van der Waals surface area contributed by atoms with E-state index in [0.29, 0.717) is 6.10 Å². The van der Waals surface area contributed by atoms with E-state index in [-0.39, 0.29) is 0 Å². The number of aromatic nitrogens is 2. The first-order valence-electron chi connectivity index (χ1n) is 7.41. The van der Waals surface area contributed by atoms with Crippen molar-refractivity contribution >= 4 is 22.3 Å². The predicted molar refractivity (Wildman–Crippen MR) is 81.8 cm³/mol. The highest BCUT2D eigenvalue weighted by atomic mass is 16.5. The van der Waals surface area contributed by atoms with Gasteiger partial charge in [-0.3, -0.25) is 5.10 Å². The zero-order valence-electron chi connectivity index (χ0n) is 11.7. The Bertz CT molecular complexity index is 560. The van der Waals surface area contributed by atoms with E-state index < -0.39 is 0 Å². The average molecular weight is 274 g/mol. The van der Waals surface area contributed by atoms with Gasteiger partial charge in [-0.05, 0) is 25.0 Å². The van der Waals surface area contributed by atoms with E-state index >= 15 is 0 Å². The Hall–Kier alpha value is -1.75. The summed E-state index contributed by atoms with van der Waals surface area (Å²) in [6.45, 7) is 1.51. The molecular weight excluding hydrogens is 252 g/mol. The molecule has 0 spiro atoms. The summed E-state index contributed by atoms with van der Waals surface area (Å²) in [6.07, 6.45) is 8.63. The quantitative estimate of drug-likeness (QED) is 0.579. The number of rotatable bonds is 5. The molecule has 4 N–H and O–H groups in total. The van der Waals surface area contributed by atoms with Gasteiger partial charge < -0.3 is 15.8 Å². The van der Waals surface area contributed by atoms with Gasteiger partial charge in [-0.1, -0.05) is 19.3 Å². The number of nitrogens with zero attached hydrogens (tertiary/aromatic N) is 1. The molecule has 1 aliphatic carbocycles. The Morgan fingerprint density at radius 2 is 2.15 bits per heavy atom. The number of nitrogens with one attached hydrogen (secondary N) is 2. The monoisotopic (exact) mass is 274 g/mol. The van der Waals surface area contributed by atoms with Gasteiger partial charge in [0.05, 0.1) is 35.8 Å². The van der Waals surface area contributed by atoms with Crippen LogP contribution in [0.5, 0.6) is 0 Å². The number of hydrogen-bond acceptors (Lipinski definition) is 4. The Morgan fingerprint density at radius 1 is 1.30 bits per heavy atom. The van der Waals surface area contributed by atoms with Crippen LogP contribution < -0.4 is 11.1 Å². The van der Waals surface area contributed by atoms with E-state index in [1.807, 2.05) is 12.1 Å². The number of anilines is 2. The molecule has 1 aliphatic rings. The molecule has 5 heteroatoms. The van der Waals surface area contributed by atoms with E-state index in [0.717, 1.165) is 35.4 Å². The molecule has 5 nitrogen and oxygen atoms in total. The largest absolute Gasteiger partial charge is 0.397 e. The van der Waals surface area contributed by atoms with Crippen molar-refractivity contribution in [1.82, 2.24) is 10.2 Å². The Kier molecular flexibility index (Phi) is 4.06. The fourth-order valence-corrected chi connectivity index (χ4v) is 2.81. The second-order valence-electron chi connectivity index (χ2n) is 5.45. The number of aromatic amines is 1. The van der Waals surface area contributed by atoms with E-state index in [2.05, 4.69) is 15.5 Å². The third kappa shape index (κ3) is 3.04. The molecule has 1 aromatic heterocycles. The number of benzene rings is 1.